The molecule has 0 bridgehead atoms. The number of carbonyl (C=O) groups is 1. The Bertz CT molecular complexity index is 1150. The van der Waals surface area contributed by atoms with E-state index in [9.17, 15) is 4.79 Å². The molecule has 4 aromatic carbocycles. The lowest BCUT2D eigenvalue weighted by Gasteiger charge is -2.20. The molecule has 160 valence electrons. The predicted octanol–water partition coefficient (Wildman–Crippen LogP) is 7.12. The fourth-order valence-corrected chi connectivity index (χ4v) is 4.39. The van der Waals surface area contributed by atoms with Crippen LogP contribution in [-0.2, 0) is 5.75 Å². The van der Waals surface area contributed by atoms with Crippen molar-refractivity contribution in [3.63, 3.8) is 0 Å². The number of nitrogens with one attached hydrogen (secondary N) is 1. The fourth-order valence-electron chi connectivity index (χ4n) is 3.53. The monoisotopic (exact) mass is 437 g/mol. The maximum atomic E-state index is 13.1. The van der Waals surface area contributed by atoms with E-state index in [2.05, 4.69) is 79.8 Å². The summed E-state index contributed by atoms with van der Waals surface area (Å²) in [7, 11) is 0. The second-order valence-electron chi connectivity index (χ2n) is 8.03. The molecule has 1 amide bonds. The number of hydrogen-bond donors (Lipinski definition) is 1. The number of aryl methyl sites for hydroxylation is 2. The van der Waals surface area contributed by atoms with E-state index in [0.717, 1.165) is 16.9 Å². The van der Waals surface area contributed by atoms with Gasteiger partial charge in [-0.1, -0.05) is 90.0 Å². The number of hydrogen-bond acceptors (Lipinski definition) is 2. The molecule has 2 nitrogen and oxygen atoms in total. The van der Waals surface area contributed by atoms with E-state index in [0.29, 0.717) is 5.56 Å². The summed E-state index contributed by atoms with van der Waals surface area (Å²) in [6.45, 7) is 4.16. The SMILES string of the molecule is Cc1ccc(SCc2ccc(C(=O)N[C@@H](c3ccccc3)c3ccc(C)cc3)cc2)cc1. The minimum atomic E-state index is -0.193. The van der Waals surface area contributed by atoms with Gasteiger partial charge in [-0.15, -0.1) is 11.8 Å². The van der Waals surface area contributed by atoms with E-state index in [-0.39, 0.29) is 11.9 Å². The van der Waals surface area contributed by atoms with Crippen molar-refractivity contribution >= 4 is 17.7 Å². The van der Waals surface area contributed by atoms with Crippen molar-refractivity contribution in [3.05, 3.63) is 137 Å². The van der Waals surface area contributed by atoms with Crippen LogP contribution in [0, 0.1) is 13.8 Å². The largest absolute Gasteiger partial charge is 0.341 e. The number of benzene rings is 4. The maximum Gasteiger partial charge on any atom is 0.252 e. The lowest BCUT2D eigenvalue weighted by Crippen LogP contribution is -2.29. The van der Waals surface area contributed by atoms with E-state index < -0.39 is 0 Å². The molecule has 0 aromatic heterocycles. The van der Waals surface area contributed by atoms with Gasteiger partial charge in [0, 0.05) is 16.2 Å². The summed E-state index contributed by atoms with van der Waals surface area (Å²) in [4.78, 5) is 14.3. The normalized spacial score (nSPS) is 11.7. The minimum absolute atomic E-state index is 0.0721. The second-order valence-corrected chi connectivity index (χ2v) is 9.08. The van der Waals surface area contributed by atoms with Crippen molar-refractivity contribution in [1.29, 1.82) is 0 Å². The van der Waals surface area contributed by atoms with Gasteiger partial charge in [-0.2, -0.15) is 0 Å². The number of rotatable bonds is 7. The standard InChI is InChI=1S/C29H27NOS/c1-21-8-14-25(15-9-21)28(24-6-4-3-5-7-24)30-29(31)26-16-12-23(13-17-26)20-32-27-18-10-22(2)11-19-27/h3-19,28H,20H2,1-2H3,(H,30,31)/t28-/m0/s1. The van der Waals surface area contributed by atoms with Crippen molar-refractivity contribution in [2.45, 2.75) is 30.5 Å². The third-order valence-corrected chi connectivity index (χ3v) is 6.54. The molecule has 3 heteroatoms. The topological polar surface area (TPSA) is 29.1 Å². The molecule has 0 aliphatic carbocycles. The Labute approximate surface area is 194 Å². The fraction of sp³-hybridized carbons (Fsp3) is 0.138. The quantitative estimate of drug-likeness (QED) is 0.312. The van der Waals surface area contributed by atoms with Crippen molar-refractivity contribution in [1.82, 2.24) is 5.32 Å². The maximum absolute atomic E-state index is 13.1. The Balaban J connectivity index is 1.46. The van der Waals surface area contributed by atoms with Crippen LogP contribution in [0.5, 0.6) is 0 Å². The van der Waals surface area contributed by atoms with Crippen LogP contribution in [0.2, 0.25) is 0 Å². The molecular weight excluding hydrogens is 410 g/mol. The van der Waals surface area contributed by atoms with Crippen LogP contribution in [-0.4, -0.2) is 5.91 Å². The van der Waals surface area contributed by atoms with Crippen molar-refractivity contribution in [3.8, 4) is 0 Å². The third kappa shape index (κ3) is 5.68. The van der Waals surface area contributed by atoms with E-state index in [1.807, 2.05) is 42.5 Å². The van der Waals surface area contributed by atoms with Gasteiger partial charge in [0.1, 0.15) is 0 Å². The summed E-state index contributed by atoms with van der Waals surface area (Å²) in [6.07, 6.45) is 0. The molecule has 4 rings (SSSR count). The van der Waals surface area contributed by atoms with E-state index >= 15 is 0 Å². The van der Waals surface area contributed by atoms with Gasteiger partial charge in [0.2, 0.25) is 0 Å². The molecule has 0 saturated carbocycles. The van der Waals surface area contributed by atoms with Gasteiger partial charge in [-0.3, -0.25) is 4.79 Å². The molecule has 0 saturated heterocycles. The van der Waals surface area contributed by atoms with Crippen LogP contribution in [0.3, 0.4) is 0 Å². The highest BCUT2D eigenvalue weighted by Gasteiger charge is 2.17. The predicted molar refractivity (Wildman–Crippen MR) is 134 cm³/mol. The van der Waals surface area contributed by atoms with Gasteiger partial charge in [0.15, 0.2) is 0 Å². The summed E-state index contributed by atoms with van der Waals surface area (Å²) in [5, 5.41) is 3.22. The molecule has 0 unspecified atom stereocenters. The molecule has 0 radical (unpaired) electrons. The average Bonchev–Trinajstić information content (AvgIpc) is 2.83. The Morgan fingerprint density at radius 2 is 1.28 bits per heavy atom. The van der Waals surface area contributed by atoms with Gasteiger partial charge < -0.3 is 5.32 Å². The van der Waals surface area contributed by atoms with Gasteiger partial charge in [-0.25, -0.2) is 0 Å². The van der Waals surface area contributed by atoms with Crippen molar-refractivity contribution in [2.24, 2.45) is 0 Å². The van der Waals surface area contributed by atoms with Gasteiger partial charge in [-0.05, 0) is 54.8 Å². The lowest BCUT2D eigenvalue weighted by molar-refractivity contribution is 0.0943. The Morgan fingerprint density at radius 1 is 0.719 bits per heavy atom. The first-order valence-corrected chi connectivity index (χ1v) is 11.8. The number of carbonyl (C=O) groups excluding carboxylic acids is 1. The van der Waals surface area contributed by atoms with Crippen LogP contribution in [0.25, 0.3) is 0 Å². The summed E-state index contributed by atoms with van der Waals surface area (Å²) in [5.74, 6) is 0.804. The third-order valence-electron chi connectivity index (χ3n) is 5.46. The Kier molecular flexibility index (Phi) is 7.08. The Hall–Kier alpha value is -3.30. The molecule has 0 fully saturated rings. The molecule has 0 spiro atoms. The molecule has 0 aliphatic heterocycles. The van der Waals surface area contributed by atoms with E-state index in [1.165, 1.54) is 21.6 Å². The zero-order valence-electron chi connectivity index (χ0n) is 18.4. The highest BCUT2D eigenvalue weighted by Crippen LogP contribution is 2.25. The molecule has 0 heterocycles. The molecule has 4 aromatic rings. The average molecular weight is 438 g/mol. The molecule has 1 atom stereocenters. The zero-order valence-corrected chi connectivity index (χ0v) is 19.2. The summed E-state index contributed by atoms with van der Waals surface area (Å²) in [5.41, 5.74) is 6.47. The van der Waals surface area contributed by atoms with E-state index in [4.69, 9.17) is 0 Å². The summed E-state index contributed by atoms with van der Waals surface area (Å²) >= 11 is 1.80. The Morgan fingerprint density at radius 3 is 1.91 bits per heavy atom. The van der Waals surface area contributed by atoms with Crippen LogP contribution >= 0.6 is 11.8 Å². The second kappa shape index (κ2) is 10.3. The van der Waals surface area contributed by atoms with Gasteiger partial charge in [0.25, 0.3) is 5.91 Å². The van der Waals surface area contributed by atoms with Gasteiger partial charge >= 0.3 is 0 Å². The first kappa shape index (κ1) is 21.9. The molecular formula is C29H27NOS. The van der Waals surface area contributed by atoms with Crippen LogP contribution in [0.1, 0.15) is 44.2 Å². The summed E-state index contributed by atoms with van der Waals surface area (Å²) < 4.78 is 0. The van der Waals surface area contributed by atoms with E-state index in [1.54, 1.807) is 11.8 Å². The van der Waals surface area contributed by atoms with Crippen LogP contribution in [0.4, 0.5) is 0 Å². The molecule has 0 aliphatic rings. The lowest BCUT2D eigenvalue weighted by atomic mass is 9.97. The number of amides is 1. The zero-order chi connectivity index (χ0) is 22.3. The first-order valence-electron chi connectivity index (χ1n) is 10.8. The van der Waals surface area contributed by atoms with Crippen molar-refractivity contribution < 1.29 is 4.79 Å². The molecule has 1 N–H and O–H groups in total. The van der Waals surface area contributed by atoms with Crippen LogP contribution < -0.4 is 5.32 Å². The van der Waals surface area contributed by atoms with Crippen LogP contribution in [0.15, 0.2) is 108 Å². The minimum Gasteiger partial charge on any atom is -0.341 e. The highest BCUT2D eigenvalue weighted by molar-refractivity contribution is 7.98. The van der Waals surface area contributed by atoms with Crippen molar-refractivity contribution in [2.75, 3.05) is 0 Å². The van der Waals surface area contributed by atoms with Gasteiger partial charge in [0.05, 0.1) is 6.04 Å². The smallest absolute Gasteiger partial charge is 0.252 e. The summed E-state index contributed by atoms with van der Waals surface area (Å²) in [6, 6.07) is 34.7. The molecule has 32 heavy (non-hydrogen) atoms. The highest BCUT2D eigenvalue weighted by atomic mass is 32.2. The first-order chi connectivity index (χ1) is 15.6. The number of thioether (sulfide) groups is 1.